The molecule has 0 saturated carbocycles. The number of carboxylic acid groups (broad SMARTS) is 1. The number of amidine groups is 1. The van der Waals surface area contributed by atoms with Crippen molar-refractivity contribution in [2.24, 2.45) is 10.8 Å². The smallest absolute Gasteiger partial charge is 0.337 e. The van der Waals surface area contributed by atoms with E-state index in [0.717, 1.165) is 0 Å². The van der Waals surface area contributed by atoms with Crippen molar-refractivity contribution in [3.05, 3.63) is 28.8 Å². The maximum Gasteiger partial charge on any atom is 0.337 e. The Kier molecular flexibility index (Phi) is 4.23. The molecule has 0 atom stereocenters. The summed E-state index contributed by atoms with van der Waals surface area (Å²) in [6, 6.07) is 5.73. The summed E-state index contributed by atoms with van der Waals surface area (Å²) in [6.07, 6.45) is 0. The number of rotatable bonds is 4. The summed E-state index contributed by atoms with van der Waals surface area (Å²) in [5, 5.41) is 28.1. The third-order valence-corrected chi connectivity index (χ3v) is 2.18. The number of nitrogens with two attached hydrogens (primary N) is 1. The molecule has 0 bridgehead atoms. The van der Waals surface area contributed by atoms with E-state index in [2.05, 4.69) is 10.5 Å². The minimum Gasteiger partial charge on any atom is -0.478 e. The van der Waals surface area contributed by atoms with Crippen LogP contribution in [0.1, 0.15) is 10.4 Å². The zero-order chi connectivity index (χ0) is 13.7. The van der Waals surface area contributed by atoms with E-state index in [4.69, 9.17) is 33.1 Å². The van der Waals surface area contributed by atoms with Gasteiger partial charge in [-0.1, -0.05) is 11.6 Å². The van der Waals surface area contributed by atoms with Gasteiger partial charge in [-0.05, 0) is 18.2 Å². The third-order valence-electron chi connectivity index (χ3n) is 1.85. The van der Waals surface area contributed by atoms with Gasteiger partial charge < -0.3 is 10.8 Å². The summed E-state index contributed by atoms with van der Waals surface area (Å²) in [5.41, 5.74) is 7.42. The molecular formula is C10H8ClN5O2. The van der Waals surface area contributed by atoms with Crippen LogP contribution in [0.25, 0.3) is 0 Å². The molecule has 1 aromatic rings. The van der Waals surface area contributed by atoms with Gasteiger partial charge in [-0.2, -0.15) is 10.4 Å². The lowest BCUT2D eigenvalue weighted by Crippen LogP contribution is -2.21. The number of nitrogens with one attached hydrogen (secondary N) is 2. The molecule has 0 fully saturated rings. The Morgan fingerprint density at radius 3 is 2.78 bits per heavy atom. The standard InChI is InChI=1S/C10H8ClN5O2/c11-7-2-1-5(3-6(7)10(17)18)15-16-8(4-12)9(13)14/h1-3,15H,(H3,13,14)(H,17,18)/b16-8+. The van der Waals surface area contributed by atoms with Crippen molar-refractivity contribution in [1.29, 1.82) is 10.7 Å². The first-order valence-electron chi connectivity index (χ1n) is 4.56. The van der Waals surface area contributed by atoms with Crippen LogP contribution in [0.4, 0.5) is 5.69 Å². The number of nitriles is 1. The molecule has 0 radical (unpaired) electrons. The van der Waals surface area contributed by atoms with E-state index < -0.39 is 11.8 Å². The highest BCUT2D eigenvalue weighted by molar-refractivity contribution is 6.45. The second-order valence-corrected chi connectivity index (χ2v) is 3.50. The molecule has 0 aliphatic heterocycles. The first-order chi connectivity index (χ1) is 8.45. The fourth-order valence-corrected chi connectivity index (χ4v) is 1.22. The molecule has 0 unspecified atom stereocenters. The molecule has 92 valence electrons. The molecular weight excluding hydrogens is 258 g/mol. The van der Waals surface area contributed by atoms with Gasteiger partial charge in [0.1, 0.15) is 6.07 Å². The Bertz CT molecular complexity index is 576. The zero-order valence-electron chi connectivity index (χ0n) is 8.94. The maximum atomic E-state index is 10.8. The van der Waals surface area contributed by atoms with Crippen LogP contribution in [-0.4, -0.2) is 22.6 Å². The molecule has 0 heterocycles. The maximum absolute atomic E-state index is 10.8. The van der Waals surface area contributed by atoms with Crippen molar-refractivity contribution in [3.63, 3.8) is 0 Å². The van der Waals surface area contributed by atoms with Gasteiger partial charge in [-0.15, -0.1) is 0 Å². The highest BCUT2D eigenvalue weighted by Crippen LogP contribution is 2.20. The molecule has 0 aliphatic carbocycles. The number of anilines is 1. The molecule has 0 amide bonds. The van der Waals surface area contributed by atoms with Crippen molar-refractivity contribution in [2.45, 2.75) is 0 Å². The minimum atomic E-state index is -1.18. The molecule has 18 heavy (non-hydrogen) atoms. The fourth-order valence-electron chi connectivity index (χ4n) is 1.02. The molecule has 0 saturated heterocycles. The van der Waals surface area contributed by atoms with E-state index >= 15 is 0 Å². The monoisotopic (exact) mass is 265 g/mol. The highest BCUT2D eigenvalue weighted by atomic mass is 35.5. The van der Waals surface area contributed by atoms with Crippen LogP contribution >= 0.6 is 11.6 Å². The van der Waals surface area contributed by atoms with Gasteiger partial charge in [0.2, 0.25) is 5.71 Å². The number of hydrogen-bond acceptors (Lipinski definition) is 5. The summed E-state index contributed by atoms with van der Waals surface area (Å²) in [5.74, 6) is -1.67. The van der Waals surface area contributed by atoms with E-state index in [-0.39, 0.29) is 16.3 Å². The summed E-state index contributed by atoms with van der Waals surface area (Å²) < 4.78 is 0. The van der Waals surface area contributed by atoms with Crippen molar-refractivity contribution in [1.82, 2.24) is 0 Å². The Balaban J connectivity index is 3.00. The predicted molar refractivity (Wildman–Crippen MR) is 67.0 cm³/mol. The minimum absolute atomic E-state index is 0.0871. The summed E-state index contributed by atoms with van der Waals surface area (Å²) >= 11 is 5.68. The molecule has 5 N–H and O–H groups in total. The van der Waals surface area contributed by atoms with Crippen LogP contribution < -0.4 is 11.2 Å². The fraction of sp³-hybridized carbons (Fsp3) is 0. The third kappa shape index (κ3) is 3.20. The van der Waals surface area contributed by atoms with Crippen LogP contribution in [-0.2, 0) is 0 Å². The Morgan fingerprint density at radius 2 is 2.28 bits per heavy atom. The van der Waals surface area contributed by atoms with Crippen molar-refractivity contribution in [3.8, 4) is 6.07 Å². The van der Waals surface area contributed by atoms with Crippen LogP contribution in [0.3, 0.4) is 0 Å². The summed E-state index contributed by atoms with van der Waals surface area (Å²) in [4.78, 5) is 10.8. The second kappa shape index (κ2) is 5.65. The molecule has 1 aromatic carbocycles. The molecule has 0 aromatic heterocycles. The van der Waals surface area contributed by atoms with Gasteiger partial charge in [0, 0.05) is 0 Å². The van der Waals surface area contributed by atoms with Crippen LogP contribution in [0.15, 0.2) is 23.3 Å². The van der Waals surface area contributed by atoms with E-state index in [0.29, 0.717) is 5.69 Å². The number of hydrogen-bond donors (Lipinski definition) is 4. The summed E-state index contributed by atoms with van der Waals surface area (Å²) in [6.45, 7) is 0. The molecule has 1 rings (SSSR count). The largest absolute Gasteiger partial charge is 0.478 e. The number of benzene rings is 1. The van der Waals surface area contributed by atoms with E-state index in [1.54, 1.807) is 6.07 Å². The Morgan fingerprint density at radius 1 is 1.61 bits per heavy atom. The Hall–Kier alpha value is -2.59. The lowest BCUT2D eigenvalue weighted by Gasteiger charge is -2.04. The Labute approximate surface area is 107 Å². The first kappa shape index (κ1) is 13.5. The van der Waals surface area contributed by atoms with Gasteiger partial charge >= 0.3 is 5.97 Å². The first-order valence-corrected chi connectivity index (χ1v) is 4.94. The number of halogens is 1. The van der Waals surface area contributed by atoms with Gasteiger partial charge in [0.15, 0.2) is 5.84 Å². The average molecular weight is 266 g/mol. The van der Waals surface area contributed by atoms with Crippen molar-refractivity contribution in [2.75, 3.05) is 5.43 Å². The molecule has 8 heteroatoms. The zero-order valence-corrected chi connectivity index (χ0v) is 9.69. The van der Waals surface area contributed by atoms with Crippen LogP contribution in [0.5, 0.6) is 0 Å². The topological polar surface area (TPSA) is 135 Å². The van der Waals surface area contributed by atoms with Crippen LogP contribution in [0.2, 0.25) is 5.02 Å². The van der Waals surface area contributed by atoms with E-state index in [1.807, 2.05) is 0 Å². The molecule has 0 spiro atoms. The van der Waals surface area contributed by atoms with E-state index in [1.165, 1.54) is 18.2 Å². The molecule has 0 aliphatic rings. The lowest BCUT2D eigenvalue weighted by atomic mass is 10.2. The van der Waals surface area contributed by atoms with Crippen LogP contribution in [0, 0.1) is 16.7 Å². The number of carbonyl (C=O) groups is 1. The SMILES string of the molecule is N#C/C(=N\Nc1ccc(Cl)c(C(=O)O)c1)C(=N)N. The van der Waals surface area contributed by atoms with E-state index in [9.17, 15) is 4.79 Å². The highest BCUT2D eigenvalue weighted by Gasteiger charge is 2.09. The number of carboxylic acids is 1. The van der Waals surface area contributed by atoms with Gasteiger partial charge in [-0.25, -0.2) is 4.79 Å². The normalized spacial score (nSPS) is 10.6. The van der Waals surface area contributed by atoms with Gasteiger partial charge in [0.05, 0.1) is 16.3 Å². The quantitative estimate of drug-likeness (QED) is 0.369. The van der Waals surface area contributed by atoms with Crippen molar-refractivity contribution >= 4 is 34.8 Å². The lowest BCUT2D eigenvalue weighted by molar-refractivity contribution is 0.0697. The molecule has 7 nitrogen and oxygen atoms in total. The predicted octanol–water partition coefficient (Wildman–Crippen LogP) is 1.27. The number of hydrazone groups is 1. The number of aromatic carboxylic acids is 1. The summed E-state index contributed by atoms with van der Waals surface area (Å²) in [7, 11) is 0. The second-order valence-electron chi connectivity index (χ2n) is 3.10. The average Bonchev–Trinajstić information content (AvgIpc) is 2.31. The van der Waals surface area contributed by atoms with Gasteiger partial charge in [-0.3, -0.25) is 10.8 Å². The number of nitrogens with zero attached hydrogens (tertiary/aromatic N) is 2. The van der Waals surface area contributed by atoms with Crippen molar-refractivity contribution < 1.29 is 9.90 Å². The van der Waals surface area contributed by atoms with Gasteiger partial charge in [0.25, 0.3) is 0 Å².